The summed E-state index contributed by atoms with van der Waals surface area (Å²) in [5.74, 6) is -1.11. The Balaban J connectivity index is 2.70. The van der Waals surface area contributed by atoms with Crippen LogP contribution in [0.4, 0.5) is 5.69 Å². The standard InChI is InChI=1S/C11H10N4O4/c1-6-10(11(16)17)7(2)14(13-6)8-3-4-12-5-9(8)15(18)19/h3-5H,1-2H3,(H,16,17). The van der Waals surface area contributed by atoms with E-state index in [1.807, 2.05) is 0 Å². The predicted molar refractivity (Wildman–Crippen MR) is 64.4 cm³/mol. The number of aromatic carboxylic acids is 1. The molecule has 0 atom stereocenters. The molecule has 98 valence electrons. The lowest BCUT2D eigenvalue weighted by Crippen LogP contribution is -2.05. The van der Waals surface area contributed by atoms with E-state index in [9.17, 15) is 14.9 Å². The van der Waals surface area contributed by atoms with Crippen LogP contribution in [-0.2, 0) is 0 Å². The minimum absolute atomic E-state index is 0.0473. The molecule has 0 aliphatic carbocycles. The summed E-state index contributed by atoms with van der Waals surface area (Å²) in [6.45, 7) is 3.09. The van der Waals surface area contributed by atoms with Crippen molar-refractivity contribution in [2.45, 2.75) is 13.8 Å². The van der Waals surface area contributed by atoms with Crippen molar-refractivity contribution in [1.29, 1.82) is 0 Å². The van der Waals surface area contributed by atoms with Crippen LogP contribution in [0.5, 0.6) is 0 Å². The Morgan fingerprint density at radius 2 is 2.16 bits per heavy atom. The Labute approximate surface area is 107 Å². The Bertz CT molecular complexity index is 677. The molecule has 8 nitrogen and oxygen atoms in total. The highest BCUT2D eigenvalue weighted by Crippen LogP contribution is 2.24. The van der Waals surface area contributed by atoms with E-state index in [4.69, 9.17) is 5.11 Å². The second-order valence-corrected chi connectivity index (χ2v) is 3.88. The highest BCUT2D eigenvalue weighted by Gasteiger charge is 2.23. The fraction of sp³-hybridized carbons (Fsp3) is 0.182. The normalized spacial score (nSPS) is 10.4. The van der Waals surface area contributed by atoms with Gasteiger partial charge in [-0.1, -0.05) is 0 Å². The molecule has 0 amide bonds. The third-order valence-electron chi connectivity index (χ3n) is 2.71. The number of hydrogen-bond donors (Lipinski definition) is 1. The van der Waals surface area contributed by atoms with Crippen molar-refractivity contribution in [3.63, 3.8) is 0 Å². The van der Waals surface area contributed by atoms with Crippen molar-refractivity contribution >= 4 is 11.7 Å². The van der Waals surface area contributed by atoms with E-state index in [-0.39, 0.29) is 16.9 Å². The van der Waals surface area contributed by atoms with Crippen LogP contribution < -0.4 is 0 Å². The number of nitro groups is 1. The maximum absolute atomic E-state index is 11.1. The molecule has 2 aromatic rings. The second-order valence-electron chi connectivity index (χ2n) is 3.88. The first-order valence-corrected chi connectivity index (χ1v) is 5.31. The van der Waals surface area contributed by atoms with Crippen molar-refractivity contribution < 1.29 is 14.8 Å². The molecule has 2 heterocycles. The van der Waals surface area contributed by atoms with Gasteiger partial charge in [-0.2, -0.15) is 5.10 Å². The Morgan fingerprint density at radius 3 is 2.68 bits per heavy atom. The number of aryl methyl sites for hydroxylation is 1. The van der Waals surface area contributed by atoms with Crippen LogP contribution in [0.1, 0.15) is 21.7 Å². The number of hydrogen-bond acceptors (Lipinski definition) is 5. The van der Waals surface area contributed by atoms with E-state index in [1.165, 1.54) is 16.9 Å². The van der Waals surface area contributed by atoms with Gasteiger partial charge in [0.2, 0.25) is 0 Å². The predicted octanol–water partition coefficient (Wildman–Crippen LogP) is 1.49. The summed E-state index contributed by atoms with van der Waals surface area (Å²) in [4.78, 5) is 25.1. The molecule has 0 aliphatic rings. The molecule has 8 heteroatoms. The monoisotopic (exact) mass is 262 g/mol. The van der Waals surface area contributed by atoms with Gasteiger partial charge in [0.05, 0.1) is 16.3 Å². The van der Waals surface area contributed by atoms with Crippen LogP contribution in [-0.4, -0.2) is 30.8 Å². The molecular weight excluding hydrogens is 252 g/mol. The number of carboxylic acids is 1. The molecule has 0 bridgehead atoms. The molecule has 0 spiro atoms. The van der Waals surface area contributed by atoms with E-state index in [0.29, 0.717) is 11.4 Å². The average molecular weight is 262 g/mol. The summed E-state index contributed by atoms with van der Waals surface area (Å²) in [5, 5.41) is 24.1. The molecule has 19 heavy (non-hydrogen) atoms. The lowest BCUT2D eigenvalue weighted by Gasteiger charge is -2.04. The average Bonchev–Trinajstić information content (AvgIpc) is 2.64. The van der Waals surface area contributed by atoms with Gasteiger partial charge in [-0.15, -0.1) is 0 Å². The fourth-order valence-corrected chi connectivity index (χ4v) is 1.89. The lowest BCUT2D eigenvalue weighted by molar-refractivity contribution is -0.385. The number of nitrogens with zero attached hydrogens (tertiary/aromatic N) is 4. The molecule has 0 saturated carbocycles. The summed E-state index contributed by atoms with van der Waals surface area (Å²) in [6.07, 6.45) is 2.49. The highest BCUT2D eigenvalue weighted by molar-refractivity contribution is 5.90. The van der Waals surface area contributed by atoms with E-state index < -0.39 is 10.9 Å². The second kappa shape index (κ2) is 4.48. The highest BCUT2D eigenvalue weighted by atomic mass is 16.6. The molecule has 0 aromatic carbocycles. The molecule has 2 aromatic heterocycles. The third-order valence-corrected chi connectivity index (χ3v) is 2.71. The maximum Gasteiger partial charge on any atom is 0.339 e. The Hall–Kier alpha value is -2.77. The van der Waals surface area contributed by atoms with Crippen LogP contribution >= 0.6 is 0 Å². The van der Waals surface area contributed by atoms with Crippen LogP contribution in [0.3, 0.4) is 0 Å². The van der Waals surface area contributed by atoms with E-state index >= 15 is 0 Å². The van der Waals surface area contributed by atoms with Crippen LogP contribution in [0.25, 0.3) is 5.69 Å². The number of carboxylic acid groups (broad SMARTS) is 1. The molecule has 2 rings (SSSR count). The van der Waals surface area contributed by atoms with Gasteiger partial charge in [0.15, 0.2) is 0 Å². The van der Waals surface area contributed by atoms with E-state index in [0.717, 1.165) is 6.20 Å². The Kier molecular flexibility index (Phi) is 2.99. The van der Waals surface area contributed by atoms with Gasteiger partial charge >= 0.3 is 11.7 Å². The largest absolute Gasteiger partial charge is 0.478 e. The van der Waals surface area contributed by atoms with Crippen LogP contribution in [0, 0.1) is 24.0 Å². The smallest absolute Gasteiger partial charge is 0.339 e. The maximum atomic E-state index is 11.1. The van der Waals surface area contributed by atoms with Crippen molar-refractivity contribution in [2.75, 3.05) is 0 Å². The van der Waals surface area contributed by atoms with E-state index in [1.54, 1.807) is 13.8 Å². The first-order chi connectivity index (χ1) is 8.93. The van der Waals surface area contributed by atoms with Crippen molar-refractivity contribution in [1.82, 2.24) is 14.8 Å². The fourth-order valence-electron chi connectivity index (χ4n) is 1.89. The first-order valence-electron chi connectivity index (χ1n) is 5.31. The van der Waals surface area contributed by atoms with Gasteiger partial charge in [-0.3, -0.25) is 15.1 Å². The zero-order valence-corrected chi connectivity index (χ0v) is 10.2. The number of carbonyl (C=O) groups is 1. The summed E-state index contributed by atoms with van der Waals surface area (Å²) in [7, 11) is 0. The molecule has 0 unspecified atom stereocenters. The van der Waals surface area contributed by atoms with Gasteiger partial charge in [-0.25, -0.2) is 9.48 Å². The topological polar surface area (TPSA) is 111 Å². The van der Waals surface area contributed by atoms with Crippen molar-refractivity contribution in [2.24, 2.45) is 0 Å². The summed E-state index contributed by atoms with van der Waals surface area (Å²) >= 11 is 0. The molecular formula is C11H10N4O4. The number of rotatable bonds is 3. The van der Waals surface area contributed by atoms with Crippen molar-refractivity contribution in [3.8, 4) is 5.69 Å². The van der Waals surface area contributed by atoms with Crippen molar-refractivity contribution in [3.05, 3.63) is 45.5 Å². The SMILES string of the molecule is Cc1nn(-c2ccncc2[N+](=O)[O-])c(C)c1C(=O)O. The first kappa shape index (κ1) is 12.7. The molecule has 0 aliphatic heterocycles. The van der Waals surface area contributed by atoms with Gasteiger partial charge in [0.25, 0.3) is 0 Å². The molecule has 0 radical (unpaired) electrons. The van der Waals surface area contributed by atoms with Crippen LogP contribution in [0.2, 0.25) is 0 Å². The molecule has 0 fully saturated rings. The minimum atomic E-state index is -1.11. The quantitative estimate of drug-likeness (QED) is 0.662. The number of pyridine rings is 1. The van der Waals surface area contributed by atoms with Crippen LogP contribution in [0.15, 0.2) is 18.5 Å². The van der Waals surface area contributed by atoms with E-state index in [2.05, 4.69) is 10.1 Å². The summed E-state index contributed by atoms with van der Waals surface area (Å²) in [6, 6.07) is 1.42. The zero-order chi connectivity index (χ0) is 14.2. The third kappa shape index (κ3) is 2.03. The number of aromatic nitrogens is 3. The van der Waals surface area contributed by atoms with Gasteiger partial charge < -0.3 is 5.11 Å². The Morgan fingerprint density at radius 1 is 1.47 bits per heavy atom. The zero-order valence-electron chi connectivity index (χ0n) is 10.2. The van der Waals surface area contributed by atoms with Gasteiger partial charge in [-0.05, 0) is 19.9 Å². The minimum Gasteiger partial charge on any atom is -0.478 e. The van der Waals surface area contributed by atoms with Gasteiger partial charge in [0, 0.05) is 6.20 Å². The van der Waals surface area contributed by atoms with Gasteiger partial charge in [0.1, 0.15) is 17.4 Å². The summed E-state index contributed by atoms with van der Waals surface area (Å²) < 4.78 is 1.25. The molecule has 0 saturated heterocycles. The summed E-state index contributed by atoms with van der Waals surface area (Å²) in [5.41, 5.74) is 0.639. The lowest BCUT2D eigenvalue weighted by atomic mass is 10.2. The molecule has 1 N–H and O–H groups in total.